The molecule has 0 aliphatic heterocycles. The van der Waals surface area contributed by atoms with E-state index in [1.165, 1.54) is 0 Å². The fraction of sp³-hybridized carbons (Fsp3) is 0.167. The first-order valence-electron chi connectivity index (χ1n) is 7.14. The third-order valence-corrected chi connectivity index (χ3v) is 3.85. The van der Waals surface area contributed by atoms with Crippen molar-refractivity contribution in [1.82, 2.24) is 14.8 Å². The Morgan fingerprint density at radius 1 is 1.18 bits per heavy atom. The summed E-state index contributed by atoms with van der Waals surface area (Å²) in [6, 6.07) is 9.81. The fourth-order valence-corrected chi connectivity index (χ4v) is 2.64. The molecule has 0 bridgehead atoms. The number of aromatic nitrogens is 3. The Kier molecular flexibility index (Phi) is 3.59. The van der Waals surface area contributed by atoms with Gasteiger partial charge in [0.05, 0.1) is 16.8 Å². The van der Waals surface area contributed by atoms with Crippen LogP contribution in [0.15, 0.2) is 42.6 Å². The van der Waals surface area contributed by atoms with Gasteiger partial charge < -0.3 is 0 Å². The molecule has 3 aromatic rings. The lowest BCUT2D eigenvalue weighted by molar-refractivity contribution is 0.104. The summed E-state index contributed by atoms with van der Waals surface area (Å²) in [4.78, 5) is 16.8. The van der Waals surface area contributed by atoms with E-state index in [0.717, 1.165) is 27.9 Å². The molecule has 0 atom stereocenters. The Balaban J connectivity index is 1.98. The van der Waals surface area contributed by atoms with Crippen LogP contribution in [-0.2, 0) is 7.05 Å². The van der Waals surface area contributed by atoms with Gasteiger partial charge in [-0.05, 0) is 37.6 Å². The van der Waals surface area contributed by atoms with Gasteiger partial charge in [-0.2, -0.15) is 5.10 Å². The van der Waals surface area contributed by atoms with Crippen molar-refractivity contribution in [2.45, 2.75) is 13.8 Å². The van der Waals surface area contributed by atoms with Crippen LogP contribution in [-0.4, -0.2) is 20.5 Å². The summed E-state index contributed by atoms with van der Waals surface area (Å²) >= 11 is 0. The summed E-state index contributed by atoms with van der Waals surface area (Å²) in [5.74, 6) is -0.0241. The van der Waals surface area contributed by atoms with E-state index in [9.17, 15) is 4.79 Å². The largest absolute Gasteiger partial charge is 0.289 e. The highest BCUT2D eigenvalue weighted by Gasteiger charge is 2.14. The lowest BCUT2D eigenvalue weighted by atomic mass is 10.1. The minimum Gasteiger partial charge on any atom is -0.289 e. The number of nitrogens with zero attached hydrogens (tertiary/aromatic N) is 3. The van der Waals surface area contributed by atoms with Gasteiger partial charge in [0.2, 0.25) is 0 Å². The molecule has 0 fully saturated rings. The molecular formula is C18H17N3O. The van der Waals surface area contributed by atoms with Crippen molar-refractivity contribution in [3.63, 3.8) is 0 Å². The van der Waals surface area contributed by atoms with Crippen molar-refractivity contribution in [1.29, 1.82) is 0 Å². The second kappa shape index (κ2) is 5.56. The van der Waals surface area contributed by atoms with Crippen molar-refractivity contribution in [2.75, 3.05) is 0 Å². The second-order valence-corrected chi connectivity index (χ2v) is 5.28. The van der Waals surface area contributed by atoms with Gasteiger partial charge in [0.15, 0.2) is 5.78 Å². The number of pyridine rings is 1. The van der Waals surface area contributed by atoms with Gasteiger partial charge in [-0.1, -0.05) is 24.3 Å². The van der Waals surface area contributed by atoms with Crippen molar-refractivity contribution >= 4 is 22.8 Å². The van der Waals surface area contributed by atoms with E-state index in [-0.39, 0.29) is 5.78 Å². The van der Waals surface area contributed by atoms with Crippen molar-refractivity contribution in [3.8, 4) is 0 Å². The van der Waals surface area contributed by atoms with E-state index in [1.807, 2.05) is 57.3 Å². The van der Waals surface area contributed by atoms with Gasteiger partial charge in [-0.25, -0.2) is 0 Å². The zero-order valence-electron chi connectivity index (χ0n) is 12.9. The molecule has 0 amide bonds. The van der Waals surface area contributed by atoms with E-state index in [0.29, 0.717) is 5.56 Å². The summed E-state index contributed by atoms with van der Waals surface area (Å²) in [6.07, 6.45) is 5.21. The number of para-hydroxylation sites is 1. The molecular weight excluding hydrogens is 274 g/mol. The first kappa shape index (κ1) is 14.2. The monoisotopic (exact) mass is 291 g/mol. The van der Waals surface area contributed by atoms with Gasteiger partial charge in [0, 0.05) is 24.3 Å². The summed E-state index contributed by atoms with van der Waals surface area (Å²) in [5.41, 5.74) is 4.22. The third kappa shape index (κ3) is 2.44. The maximum atomic E-state index is 12.5. The molecule has 2 heterocycles. The lowest BCUT2D eigenvalue weighted by Crippen LogP contribution is -1.99. The normalized spacial score (nSPS) is 11.4. The maximum absolute atomic E-state index is 12.5. The van der Waals surface area contributed by atoms with Crippen LogP contribution in [0.5, 0.6) is 0 Å². The Morgan fingerprint density at radius 2 is 1.95 bits per heavy atom. The topological polar surface area (TPSA) is 47.8 Å². The number of aryl methyl sites for hydroxylation is 2. The number of ketones is 1. The predicted octanol–water partition coefficient (Wildman–Crippen LogP) is 3.48. The van der Waals surface area contributed by atoms with Crippen LogP contribution in [0.4, 0.5) is 0 Å². The average Bonchev–Trinajstić information content (AvgIpc) is 2.77. The highest BCUT2D eigenvalue weighted by molar-refractivity contribution is 6.09. The number of benzene rings is 1. The summed E-state index contributed by atoms with van der Waals surface area (Å²) in [7, 11) is 1.85. The molecule has 3 rings (SSSR count). The van der Waals surface area contributed by atoms with Crippen molar-refractivity contribution < 1.29 is 4.79 Å². The first-order chi connectivity index (χ1) is 10.6. The molecule has 0 aliphatic carbocycles. The molecule has 4 heteroatoms. The Bertz CT molecular complexity index is 885. The highest BCUT2D eigenvalue weighted by Crippen LogP contribution is 2.19. The highest BCUT2D eigenvalue weighted by atomic mass is 16.1. The predicted molar refractivity (Wildman–Crippen MR) is 87.8 cm³/mol. The molecule has 2 aromatic heterocycles. The van der Waals surface area contributed by atoms with Crippen LogP contribution >= 0.6 is 0 Å². The number of rotatable bonds is 3. The van der Waals surface area contributed by atoms with E-state index < -0.39 is 0 Å². The molecule has 0 radical (unpaired) electrons. The zero-order valence-corrected chi connectivity index (χ0v) is 12.9. The second-order valence-electron chi connectivity index (χ2n) is 5.28. The minimum absolute atomic E-state index is 0.0241. The summed E-state index contributed by atoms with van der Waals surface area (Å²) in [5, 5.41) is 5.32. The van der Waals surface area contributed by atoms with Gasteiger partial charge >= 0.3 is 0 Å². The van der Waals surface area contributed by atoms with E-state index in [2.05, 4.69) is 10.1 Å². The number of carbonyl (C=O) groups is 1. The summed E-state index contributed by atoms with van der Waals surface area (Å²) in [6.45, 7) is 3.76. The Morgan fingerprint density at radius 3 is 2.68 bits per heavy atom. The van der Waals surface area contributed by atoms with Gasteiger partial charge in [-0.15, -0.1) is 0 Å². The molecule has 0 spiro atoms. The molecule has 0 aliphatic rings. The van der Waals surface area contributed by atoms with Crippen LogP contribution in [0.2, 0.25) is 0 Å². The van der Waals surface area contributed by atoms with Crippen LogP contribution in [0, 0.1) is 13.8 Å². The van der Waals surface area contributed by atoms with Gasteiger partial charge in [0.25, 0.3) is 0 Å². The van der Waals surface area contributed by atoms with E-state index >= 15 is 0 Å². The molecule has 0 saturated heterocycles. The Labute approximate surface area is 129 Å². The van der Waals surface area contributed by atoms with Crippen molar-refractivity contribution in [2.24, 2.45) is 7.05 Å². The number of hydrogen-bond acceptors (Lipinski definition) is 3. The van der Waals surface area contributed by atoms with E-state index in [4.69, 9.17) is 0 Å². The van der Waals surface area contributed by atoms with Crippen LogP contribution in [0.3, 0.4) is 0 Å². The minimum atomic E-state index is -0.0241. The molecule has 22 heavy (non-hydrogen) atoms. The fourth-order valence-electron chi connectivity index (χ4n) is 2.64. The molecule has 0 N–H and O–H groups in total. The van der Waals surface area contributed by atoms with Crippen molar-refractivity contribution in [3.05, 3.63) is 65.1 Å². The van der Waals surface area contributed by atoms with E-state index in [1.54, 1.807) is 17.0 Å². The SMILES string of the molecule is Cc1nn(C)c(C)c1C(=O)/C=C/c1ccnc2ccccc12. The standard InChI is InChI=1S/C18H17N3O/c1-12-18(13(2)21(3)20-12)17(22)9-8-14-10-11-19-16-7-5-4-6-15(14)16/h4-11H,1-3H3/b9-8+. The number of allylic oxidation sites excluding steroid dienone is 1. The summed E-state index contributed by atoms with van der Waals surface area (Å²) < 4.78 is 1.73. The molecule has 0 unspecified atom stereocenters. The Hall–Kier alpha value is -2.75. The molecule has 4 nitrogen and oxygen atoms in total. The smallest absolute Gasteiger partial charge is 0.189 e. The van der Waals surface area contributed by atoms with Gasteiger partial charge in [-0.3, -0.25) is 14.5 Å². The maximum Gasteiger partial charge on any atom is 0.189 e. The van der Waals surface area contributed by atoms with Crippen LogP contribution in [0.1, 0.15) is 27.3 Å². The number of fused-ring (bicyclic) bond motifs is 1. The molecule has 110 valence electrons. The number of hydrogen-bond donors (Lipinski definition) is 0. The van der Waals surface area contributed by atoms with Crippen LogP contribution < -0.4 is 0 Å². The van der Waals surface area contributed by atoms with Gasteiger partial charge in [0.1, 0.15) is 0 Å². The third-order valence-electron chi connectivity index (χ3n) is 3.85. The molecule has 1 aromatic carbocycles. The quantitative estimate of drug-likeness (QED) is 0.548. The number of carbonyl (C=O) groups excluding carboxylic acids is 1. The first-order valence-corrected chi connectivity index (χ1v) is 7.14. The average molecular weight is 291 g/mol. The molecule has 0 saturated carbocycles. The lowest BCUT2D eigenvalue weighted by Gasteiger charge is -2.01. The van der Waals surface area contributed by atoms with Crippen LogP contribution in [0.25, 0.3) is 17.0 Å². The zero-order chi connectivity index (χ0) is 15.7.